The second-order valence-corrected chi connectivity index (χ2v) is 24.5. The Bertz CT molecular complexity index is 461. The van der Waals surface area contributed by atoms with Gasteiger partial charge in [0.25, 0.3) is 0 Å². The first-order chi connectivity index (χ1) is 15.8. The molecule has 0 saturated carbocycles. The van der Waals surface area contributed by atoms with Crippen LogP contribution in [0.4, 0.5) is 0 Å². The second kappa shape index (κ2) is 21.6. The zero-order chi connectivity index (χ0) is 25.0. The van der Waals surface area contributed by atoms with Gasteiger partial charge in [-0.1, -0.05) is 26.7 Å². The minimum absolute atomic E-state index is 0.610. The molecule has 0 rings (SSSR count). The molecule has 0 saturated heterocycles. The van der Waals surface area contributed by atoms with E-state index in [1.165, 1.54) is 110 Å². The first-order valence-corrected chi connectivity index (χ1v) is 22.8. The van der Waals surface area contributed by atoms with Crippen LogP contribution in [0.1, 0.15) is 152 Å². The molecule has 0 aliphatic heterocycles. The molecule has 0 amide bonds. The first-order valence-electron chi connectivity index (χ1n) is 15.3. The quantitative estimate of drug-likeness (QED) is 0.0956. The van der Waals surface area contributed by atoms with Crippen molar-refractivity contribution in [3.05, 3.63) is 0 Å². The van der Waals surface area contributed by atoms with E-state index in [-0.39, 0.29) is 0 Å². The molecule has 0 heterocycles. The number of hydrogen-bond donors (Lipinski definition) is 0. The van der Waals surface area contributed by atoms with Gasteiger partial charge in [-0.15, -0.1) is 0 Å². The molecule has 0 N–H and O–H groups in total. The van der Waals surface area contributed by atoms with Crippen molar-refractivity contribution in [3.63, 3.8) is 0 Å². The molecule has 0 spiro atoms. The van der Waals surface area contributed by atoms with E-state index in [4.69, 9.17) is 0 Å². The standard InChI is InChI=1S/C20H37.3C4H9.Sn/c1-7-18(4)12-9-14-20(6)16-10-15-19(5)13-8-11-17(2)3;3*1-3-4-2;/h17-20H,8-16H2,2-6H3;3*1,3-4H2,2H3;/t18?,19-,20+;;;;/m1..../s1. The van der Waals surface area contributed by atoms with Crippen molar-refractivity contribution in [2.24, 2.45) is 23.7 Å². The summed E-state index contributed by atoms with van der Waals surface area (Å²) in [5.74, 6) is 7.15. The van der Waals surface area contributed by atoms with E-state index in [1.807, 2.05) is 0 Å². The molecule has 0 nitrogen and oxygen atoms in total. The maximum atomic E-state index is 4.11. The molecule has 33 heavy (non-hydrogen) atoms. The van der Waals surface area contributed by atoms with E-state index < -0.39 is 18.4 Å². The molecule has 0 aromatic carbocycles. The monoisotopic (exact) mass is 568 g/mol. The van der Waals surface area contributed by atoms with Crippen LogP contribution < -0.4 is 0 Å². The Morgan fingerprint density at radius 2 is 0.909 bits per heavy atom. The summed E-state index contributed by atoms with van der Waals surface area (Å²) < 4.78 is 8.68. The van der Waals surface area contributed by atoms with E-state index in [1.54, 1.807) is 0 Å². The van der Waals surface area contributed by atoms with Crippen LogP contribution in [0.25, 0.3) is 0 Å². The van der Waals surface area contributed by atoms with Gasteiger partial charge >= 0.3 is 184 Å². The van der Waals surface area contributed by atoms with E-state index in [9.17, 15) is 0 Å². The fourth-order valence-electron chi connectivity index (χ4n) is 5.21. The molecule has 0 aromatic rings. The summed E-state index contributed by atoms with van der Waals surface area (Å²) in [4.78, 5) is 0. The number of unbranched alkanes of at least 4 members (excludes halogenated alkanes) is 3. The third-order valence-electron chi connectivity index (χ3n) is 7.82. The zero-order valence-corrected chi connectivity index (χ0v) is 27.4. The van der Waals surface area contributed by atoms with Crippen molar-refractivity contribution < 1.29 is 0 Å². The van der Waals surface area contributed by atoms with Gasteiger partial charge in [0.15, 0.2) is 0 Å². The molecular formula is C32H64Sn. The molecule has 0 aliphatic rings. The summed E-state index contributed by atoms with van der Waals surface area (Å²) in [6.45, 7) is 19.2. The Morgan fingerprint density at radius 1 is 0.515 bits per heavy atom. The van der Waals surface area contributed by atoms with Crippen molar-refractivity contribution in [2.75, 3.05) is 0 Å². The normalized spacial score (nSPS) is 14.7. The average molecular weight is 568 g/mol. The summed E-state index contributed by atoms with van der Waals surface area (Å²) in [5, 5.41) is 0. The van der Waals surface area contributed by atoms with Gasteiger partial charge in [-0.05, 0) is 5.92 Å². The van der Waals surface area contributed by atoms with E-state index in [0.717, 1.165) is 17.8 Å². The summed E-state index contributed by atoms with van der Waals surface area (Å²) in [5.41, 5.74) is 0. The van der Waals surface area contributed by atoms with Crippen LogP contribution in [-0.4, -0.2) is 18.4 Å². The Morgan fingerprint density at radius 3 is 1.30 bits per heavy atom. The summed E-state index contributed by atoms with van der Waals surface area (Å²) in [6.07, 6.45) is 21.0. The van der Waals surface area contributed by atoms with Gasteiger partial charge in [-0.2, -0.15) is 0 Å². The summed E-state index contributed by atoms with van der Waals surface area (Å²) in [6, 6.07) is 0. The summed E-state index contributed by atoms with van der Waals surface area (Å²) >= 11 is -2.25. The van der Waals surface area contributed by atoms with Crippen molar-refractivity contribution in [2.45, 2.75) is 165 Å². The van der Waals surface area contributed by atoms with Crippen molar-refractivity contribution in [3.8, 4) is 9.86 Å². The fraction of sp³-hybridized carbons (Fsp3) is 0.938. The van der Waals surface area contributed by atoms with Crippen LogP contribution in [0.2, 0.25) is 13.3 Å². The van der Waals surface area contributed by atoms with Gasteiger partial charge in [-0.3, -0.25) is 0 Å². The SMILES string of the molecule is CCC[CH2][Sn]([C]#CC(C)CCC[C@H](C)CCC[C@H](C)CCCC(C)C)([CH2]CCC)[CH2]CCC. The molecule has 0 fully saturated rings. The van der Waals surface area contributed by atoms with Crippen molar-refractivity contribution in [1.29, 1.82) is 0 Å². The van der Waals surface area contributed by atoms with Gasteiger partial charge in [0.2, 0.25) is 0 Å². The van der Waals surface area contributed by atoms with Crippen LogP contribution >= 0.6 is 0 Å². The van der Waals surface area contributed by atoms with Gasteiger partial charge in [0.05, 0.1) is 0 Å². The van der Waals surface area contributed by atoms with Crippen molar-refractivity contribution in [1.82, 2.24) is 0 Å². The average Bonchev–Trinajstić information content (AvgIpc) is 2.78. The molecule has 0 aromatic heterocycles. The second-order valence-electron chi connectivity index (χ2n) is 12.2. The zero-order valence-electron chi connectivity index (χ0n) is 24.5. The Balaban J connectivity index is 4.40. The predicted octanol–water partition coefficient (Wildman–Crippen LogP) is 11.5. The molecule has 1 heteroatoms. The Kier molecular flexibility index (Phi) is 21.9. The number of rotatable bonds is 21. The maximum absolute atomic E-state index is 4.11. The van der Waals surface area contributed by atoms with Crippen LogP contribution in [0.15, 0.2) is 0 Å². The third kappa shape index (κ3) is 19.3. The van der Waals surface area contributed by atoms with Gasteiger partial charge < -0.3 is 0 Å². The number of hydrogen-bond acceptors (Lipinski definition) is 0. The van der Waals surface area contributed by atoms with Gasteiger partial charge in [0, 0.05) is 0 Å². The molecular weight excluding hydrogens is 503 g/mol. The Labute approximate surface area is 216 Å². The Hall–Kier alpha value is 0.359. The topological polar surface area (TPSA) is 0 Å². The van der Waals surface area contributed by atoms with E-state index in [2.05, 4.69) is 65.2 Å². The molecule has 196 valence electrons. The van der Waals surface area contributed by atoms with E-state index in [0.29, 0.717) is 5.92 Å². The van der Waals surface area contributed by atoms with Crippen LogP contribution in [0, 0.1) is 33.5 Å². The van der Waals surface area contributed by atoms with Gasteiger partial charge in [-0.25, -0.2) is 0 Å². The third-order valence-corrected chi connectivity index (χ3v) is 21.0. The molecule has 0 radical (unpaired) electrons. The van der Waals surface area contributed by atoms with Crippen LogP contribution in [-0.2, 0) is 0 Å². The van der Waals surface area contributed by atoms with E-state index >= 15 is 0 Å². The molecule has 3 atom stereocenters. The molecule has 1 unspecified atom stereocenters. The molecule has 0 bridgehead atoms. The fourth-order valence-corrected chi connectivity index (χ4v) is 18.8. The minimum atomic E-state index is -2.25. The van der Waals surface area contributed by atoms with Crippen LogP contribution in [0.5, 0.6) is 0 Å². The summed E-state index contributed by atoms with van der Waals surface area (Å²) in [7, 11) is 0. The van der Waals surface area contributed by atoms with Crippen LogP contribution in [0.3, 0.4) is 0 Å². The predicted molar refractivity (Wildman–Crippen MR) is 157 cm³/mol. The first kappa shape index (κ1) is 33.4. The van der Waals surface area contributed by atoms with Gasteiger partial charge in [0.1, 0.15) is 0 Å². The van der Waals surface area contributed by atoms with Crippen molar-refractivity contribution >= 4 is 18.4 Å². The molecule has 0 aliphatic carbocycles.